The lowest BCUT2D eigenvalue weighted by molar-refractivity contribution is -0.161. The number of unbranched alkanes of at least 4 members (excludes halogenated alkanes) is 1. The lowest BCUT2D eigenvalue weighted by atomic mass is 9.79. The first kappa shape index (κ1) is 18.4. The molecule has 2 aliphatic rings. The Labute approximate surface area is 151 Å². The summed E-state index contributed by atoms with van der Waals surface area (Å²) in [6.45, 7) is 6.61. The maximum atomic E-state index is 13.4. The zero-order valence-electron chi connectivity index (χ0n) is 15.5. The Morgan fingerprint density at radius 3 is 2.36 bits per heavy atom. The zero-order valence-corrected chi connectivity index (χ0v) is 15.5. The summed E-state index contributed by atoms with van der Waals surface area (Å²) in [5.74, 6) is -0.0405. The first-order valence-corrected chi connectivity index (χ1v) is 9.96. The number of hydrogen-bond acceptors (Lipinski definition) is 3. The monoisotopic (exact) mass is 344 g/mol. The highest BCUT2D eigenvalue weighted by molar-refractivity contribution is 5.87. The van der Waals surface area contributed by atoms with Gasteiger partial charge in [-0.05, 0) is 31.4 Å². The van der Waals surface area contributed by atoms with Crippen molar-refractivity contribution in [2.75, 3.05) is 32.7 Å². The van der Waals surface area contributed by atoms with Crippen LogP contribution >= 0.6 is 0 Å². The van der Waals surface area contributed by atoms with Gasteiger partial charge in [-0.2, -0.15) is 0 Å². The van der Waals surface area contributed by atoms with Crippen LogP contribution in [0.5, 0.6) is 0 Å². The molecule has 1 aromatic carbocycles. The first-order chi connectivity index (χ1) is 12.2. The van der Waals surface area contributed by atoms with E-state index in [0.717, 1.165) is 64.0 Å². The van der Waals surface area contributed by atoms with Crippen LogP contribution in [0.25, 0.3) is 0 Å². The molecule has 4 nitrogen and oxygen atoms in total. The Hall–Kier alpha value is -1.39. The number of carbonyl (C=O) groups is 1. The van der Waals surface area contributed by atoms with E-state index in [1.54, 1.807) is 0 Å². The largest absolute Gasteiger partial charge is 0.375 e. The molecule has 1 atom stereocenters. The number of hydrogen-bond donors (Lipinski definition) is 1. The van der Waals surface area contributed by atoms with Crippen molar-refractivity contribution in [3.05, 3.63) is 35.9 Å². The molecule has 0 radical (unpaired) electrons. The van der Waals surface area contributed by atoms with Crippen molar-refractivity contribution < 1.29 is 9.90 Å². The summed E-state index contributed by atoms with van der Waals surface area (Å²) < 4.78 is 0. The second kappa shape index (κ2) is 8.33. The summed E-state index contributed by atoms with van der Waals surface area (Å²) >= 11 is 0. The van der Waals surface area contributed by atoms with Crippen molar-refractivity contribution in [1.82, 2.24) is 9.80 Å². The van der Waals surface area contributed by atoms with Crippen LogP contribution in [-0.2, 0) is 10.4 Å². The molecule has 0 spiro atoms. The Bertz CT molecular complexity index is 548. The first-order valence-electron chi connectivity index (χ1n) is 9.96. The number of piperazine rings is 1. The molecule has 1 N–H and O–H groups in total. The van der Waals surface area contributed by atoms with Gasteiger partial charge in [0.15, 0.2) is 5.60 Å². The highest BCUT2D eigenvalue weighted by Gasteiger charge is 2.48. The standard InChI is InChI=1S/C21H32N2O2/c1-2-3-13-22-14-16-23(17-15-22)20(24)21(25,19-11-7-8-12-19)18-9-5-4-6-10-18/h4-6,9-10,19,25H,2-3,7-8,11-17H2,1H3/t21-/m0/s1. The zero-order chi connectivity index (χ0) is 17.7. The average molecular weight is 344 g/mol. The van der Waals surface area contributed by atoms with E-state index in [1.807, 2.05) is 35.2 Å². The van der Waals surface area contributed by atoms with Crippen LogP contribution in [0.3, 0.4) is 0 Å². The third-order valence-corrected chi connectivity index (χ3v) is 5.97. The van der Waals surface area contributed by atoms with Crippen molar-refractivity contribution in [2.24, 2.45) is 5.92 Å². The molecule has 0 aromatic heterocycles. The second-order valence-corrected chi connectivity index (χ2v) is 7.60. The van der Waals surface area contributed by atoms with Crippen LogP contribution < -0.4 is 0 Å². The molecule has 1 aliphatic heterocycles. The predicted molar refractivity (Wildman–Crippen MR) is 100 cm³/mol. The molecule has 1 saturated carbocycles. The average Bonchev–Trinajstić information content (AvgIpc) is 3.21. The fraction of sp³-hybridized carbons (Fsp3) is 0.667. The van der Waals surface area contributed by atoms with Crippen molar-refractivity contribution in [3.63, 3.8) is 0 Å². The van der Waals surface area contributed by atoms with Crippen LogP contribution in [0.2, 0.25) is 0 Å². The number of nitrogens with zero attached hydrogens (tertiary/aromatic N) is 2. The number of rotatable bonds is 6. The van der Waals surface area contributed by atoms with Crippen molar-refractivity contribution in [3.8, 4) is 0 Å². The van der Waals surface area contributed by atoms with Crippen LogP contribution in [0, 0.1) is 5.92 Å². The topological polar surface area (TPSA) is 43.8 Å². The van der Waals surface area contributed by atoms with Gasteiger partial charge in [0, 0.05) is 32.1 Å². The molecule has 138 valence electrons. The lowest BCUT2D eigenvalue weighted by Crippen LogP contribution is -2.56. The van der Waals surface area contributed by atoms with E-state index in [9.17, 15) is 9.90 Å². The molecule has 0 bridgehead atoms. The van der Waals surface area contributed by atoms with Crippen LogP contribution in [0.4, 0.5) is 0 Å². The molecule has 0 unspecified atom stereocenters. The molecule has 2 fully saturated rings. The molecular weight excluding hydrogens is 312 g/mol. The third-order valence-electron chi connectivity index (χ3n) is 5.97. The summed E-state index contributed by atoms with van der Waals surface area (Å²) in [5.41, 5.74) is -0.594. The summed E-state index contributed by atoms with van der Waals surface area (Å²) in [5, 5.41) is 11.6. The van der Waals surface area contributed by atoms with E-state index in [2.05, 4.69) is 11.8 Å². The smallest absolute Gasteiger partial charge is 0.259 e. The maximum absolute atomic E-state index is 13.4. The van der Waals surface area contributed by atoms with Gasteiger partial charge in [0.2, 0.25) is 0 Å². The van der Waals surface area contributed by atoms with Crippen LogP contribution in [0.15, 0.2) is 30.3 Å². The fourth-order valence-electron chi connectivity index (χ4n) is 4.37. The maximum Gasteiger partial charge on any atom is 0.259 e. The SMILES string of the molecule is CCCCN1CCN(C(=O)[C@](O)(c2ccccc2)C2CCCC2)CC1. The molecule has 1 amide bonds. The Balaban J connectivity index is 1.74. The normalized spacial score (nSPS) is 22.1. The quantitative estimate of drug-likeness (QED) is 0.863. The molecule has 3 rings (SSSR count). The molecule has 1 aliphatic carbocycles. The van der Waals surface area contributed by atoms with Crippen molar-refractivity contribution in [2.45, 2.75) is 51.0 Å². The molecule has 4 heteroatoms. The second-order valence-electron chi connectivity index (χ2n) is 7.60. The van der Waals surface area contributed by atoms with E-state index in [-0.39, 0.29) is 11.8 Å². The number of benzene rings is 1. The van der Waals surface area contributed by atoms with Gasteiger partial charge in [-0.3, -0.25) is 9.69 Å². The van der Waals surface area contributed by atoms with Gasteiger partial charge in [-0.15, -0.1) is 0 Å². The molecule has 1 heterocycles. The minimum Gasteiger partial charge on any atom is -0.375 e. The summed E-state index contributed by atoms with van der Waals surface area (Å²) in [6.07, 6.45) is 6.51. The molecule has 1 aromatic rings. The van der Waals surface area contributed by atoms with Crippen LogP contribution in [0.1, 0.15) is 51.0 Å². The van der Waals surface area contributed by atoms with E-state index >= 15 is 0 Å². The molecular formula is C21H32N2O2. The Kier molecular flexibility index (Phi) is 6.13. The van der Waals surface area contributed by atoms with Gasteiger partial charge >= 0.3 is 0 Å². The molecule has 1 saturated heterocycles. The van der Waals surface area contributed by atoms with Crippen molar-refractivity contribution in [1.29, 1.82) is 0 Å². The third kappa shape index (κ3) is 3.90. The predicted octanol–water partition coefficient (Wildman–Crippen LogP) is 3.01. The van der Waals surface area contributed by atoms with E-state index in [1.165, 1.54) is 12.8 Å². The van der Waals surface area contributed by atoms with E-state index in [4.69, 9.17) is 0 Å². The number of carbonyl (C=O) groups excluding carboxylic acids is 1. The Morgan fingerprint density at radius 1 is 1.12 bits per heavy atom. The van der Waals surface area contributed by atoms with Gasteiger partial charge in [0.25, 0.3) is 5.91 Å². The van der Waals surface area contributed by atoms with Gasteiger partial charge in [0.1, 0.15) is 0 Å². The fourth-order valence-corrected chi connectivity index (χ4v) is 4.37. The minimum absolute atomic E-state index is 0.0421. The van der Waals surface area contributed by atoms with Crippen LogP contribution in [-0.4, -0.2) is 53.5 Å². The lowest BCUT2D eigenvalue weighted by Gasteiger charge is -2.41. The number of aliphatic hydroxyl groups is 1. The summed E-state index contributed by atoms with van der Waals surface area (Å²) in [6, 6.07) is 9.60. The van der Waals surface area contributed by atoms with Gasteiger partial charge < -0.3 is 10.0 Å². The summed E-state index contributed by atoms with van der Waals surface area (Å²) in [7, 11) is 0. The van der Waals surface area contributed by atoms with Gasteiger partial charge in [-0.25, -0.2) is 0 Å². The highest BCUT2D eigenvalue weighted by atomic mass is 16.3. The van der Waals surface area contributed by atoms with Gasteiger partial charge in [0.05, 0.1) is 0 Å². The minimum atomic E-state index is -1.36. The van der Waals surface area contributed by atoms with Crippen molar-refractivity contribution >= 4 is 5.91 Å². The summed E-state index contributed by atoms with van der Waals surface area (Å²) in [4.78, 5) is 17.7. The van der Waals surface area contributed by atoms with E-state index in [0.29, 0.717) is 0 Å². The highest BCUT2D eigenvalue weighted by Crippen LogP contribution is 2.42. The van der Waals surface area contributed by atoms with Gasteiger partial charge in [-0.1, -0.05) is 56.5 Å². The Morgan fingerprint density at radius 2 is 1.76 bits per heavy atom. The molecule has 25 heavy (non-hydrogen) atoms. The number of amides is 1. The van der Waals surface area contributed by atoms with E-state index < -0.39 is 5.60 Å².